The Hall–Kier alpha value is -3.22. The third kappa shape index (κ3) is 3.08. The van der Waals surface area contributed by atoms with Crippen LogP contribution in [0.2, 0.25) is 0 Å². The first-order valence-corrected chi connectivity index (χ1v) is 7.95. The molecule has 0 saturated carbocycles. The van der Waals surface area contributed by atoms with Crippen LogP contribution in [0.15, 0.2) is 58.1 Å². The zero-order valence-corrected chi connectivity index (χ0v) is 13.3. The molecule has 1 aromatic carbocycles. The van der Waals surface area contributed by atoms with E-state index in [0.717, 1.165) is 5.39 Å². The fraction of sp³-hybridized carbons (Fsp3) is 0.222. The van der Waals surface area contributed by atoms with Crippen molar-refractivity contribution in [1.29, 1.82) is 0 Å². The maximum absolute atomic E-state index is 12.7. The molecular formula is C18H15N3O4. The average molecular weight is 337 g/mol. The molecule has 1 aliphatic heterocycles. The van der Waals surface area contributed by atoms with Gasteiger partial charge in [0.05, 0.1) is 6.54 Å². The summed E-state index contributed by atoms with van der Waals surface area (Å²) in [6, 6.07) is 10.4. The molecule has 0 spiro atoms. The molecule has 4 rings (SSSR count). The van der Waals surface area contributed by atoms with E-state index >= 15 is 0 Å². The first kappa shape index (κ1) is 15.3. The topological polar surface area (TPSA) is 85.5 Å². The summed E-state index contributed by atoms with van der Waals surface area (Å²) in [4.78, 5) is 34.3. The van der Waals surface area contributed by atoms with Crippen molar-refractivity contribution in [3.05, 3.63) is 64.9 Å². The lowest BCUT2D eigenvalue weighted by Gasteiger charge is -2.16. The second-order valence-corrected chi connectivity index (χ2v) is 5.81. The molecule has 0 radical (unpaired) electrons. The van der Waals surface area contributed by atoms with Crippen molar-refractivity contribution in [1.82, 2.24) is 14.9 Å². The Bertz CT molecular complexity index is 971. The fourth-order valence-electron chi connectivity index (χ4n) is 2.91. The lowest BCUT2D eigenvalue weighted by atomic mass is 10.1. The van der Waals surface area contributed by atoms with E-state index in [9.17, 15) is 9.59 Å². The molecule has 0 bridgehead atoms. The van der Waals surface area contributed by atoms with Gasteiger partial charge in [-0.05, 0) is 12.1 Å². The molecule has 3 aromatic rings. The van der Waals surface area contributed by atoms with Crippen LogP contribution in [0.5, 0.6) is 5.88 Å². The molecule has 0 unspecified atom stereocenters. The minimum atomic E-state index is -0.621. The monoisotopic (exact) mass is 337 g/mol. The molecular weight excluding hydrogens is 322 g/mol. The number of benzene rings is 1. The molecule has 0 aliphatic carbocycles. The van der Waals surface area contributed by atoms with Crippen LogP contribution < -0.4 is 10.4 Å². The van der Waals surface area contributed by atoms with Crippen molar-refractivity contribution in [2.24, 2.45) is 0 Å². The molecule has 7 nitrogen and oxygen atoms in total. The van der Waals surface area contributed by atoms with Crippen molar-refractivity contribution in [3.63, 3.8) is 0 Å². The van der Waals surface area contributed by atoms with Crippen LogP contribution in [0.1, 0.15) is 16.8 Å². The molecule has 1 aliphatic rings. The van der Waals surface area contributed by atoms with E-state index in [4.69, 9.17) is 9.15 Å². The van der Waals surface area contributed by atoms with Crippen LogP contribution in [0, 0.1) is 0 Å². The SMILES string of the molecule is O=C(c1cc2ccccc2oc1=O)N1CC[C@@H](Oc2ccncn2)C1. The molecule has 126 valence electrons. The van der Waals surface area contributed by atoms with Gasteiger partial charge < -0.3 is 14.1 Å². The smallest absolute Gasteiger partial charge is 0.349 e. The largest absolute Gasteiger partial charge is 0.472 e. The quantitative estimate of drug-likeness (QED) is 0.678. The van der Waals surface area contributed by atoms with Gasteiger partial charge in [-0.2, -0.15) is 0 Å². The number of amides is 1. The number of hydrogen-bond acceptors (Lipinski definition) is 6. The average Bonchev–Trinajstić information content (AvgIpc) is 3.10. The number of likely N-dealkylation sites (tertiary alicyclic amines) is 1. The van der Waals surface area contributed by atoms with Crippen LogP contribution in [0.3, 0.4) is 0 Å². The normalized spacial score (nSPS) is 17.0. The number of nitrogens with zero attached hydrogens (tertiary/aromatic N) is 3. The van der Waals surface area contributed by atoms with Gasteiger partial charge in [0, 0.05) is 30.6 Å². The predicted molar refractivity (Wildman–Crippen MR) is 89.5 cm³/mol. The first-order valence-electron chi connectivity index (χ1n) is 7.95. The molecule has 0 N–H and O–H groups in total. The van der Waals surface area contributed by atoms with Gasteiger partial charge in [-0.25, -0.2) is 14.8 Å². The van der Waals surface area contributed by atoms with E-state index in [1.54, 1.807) is 41.4 Å². The fourth-order valence-corrected chi connectivity index (χ4v) is 2.91. The van der Waals surface area contributed by atoms with E-state index in [1.165, 1.54) is 6.33 Å². The van der Waals surface area contributed by atoms with Gasteiger partial charge in [0.15, 0.2) is 0 Å². The number of carbonyl (C=O) groups is 1. The number of hydrogen-bond donors (Lipinski definition) is 0. The maximum Gasteiger partial charge on any atom is 0.349 e. The molecule has 1 fully saturated rings. The van der Waals surface area contributed by atoms with Gasteiger partial charge >= 0.3 is 5.63 Å². The van der Waals surface area contributed by atoms with Gasteiger partial charge in [0.1, 0.15) is 23.6 Å². The Morgan fingerprint density at radius 1 is 1.28 bits per heavy atom. The number of rotatable bonds is 3. The van der Waals surface area contributed by atoms with Crippen LogP contribution >= 0.6 is 0 Å². The molecule has 1 atom stereocenters. The highest BCUT2D eigenvalue weighted by Gasteiger charge is 2.30. The number of aromatic nitrogens is 2. The van der Waals surface area contributed by atoms with Crippen molar-refractivity contribution >= 4 is 16.9 Å². The van der Waals surface area contributed by atoms with Gasteiger partial charge in [-0.3, -0.25) is 4.79 Å². The number of carbonyl (C=O) groups excluding carboxylic acids is 1. The highest BCUT2D eigenvalue weighted by Crippen LogP contribution is 2.19. The Labute approximate surface area is 142 Å². The first-order chi connectivity index (χ1) is 12.2. The van der Waals surface area contributed by atoms with E-state index < -0.39 is 5.63 Å². The Morgan fingerprint density at radius 2 is 2.16 bits per heavy atom. The van der Waals surface area contributed by atoms with E-state index in [2.05, 4.69) is 9.97 Å². The summed E-state index contributed by atoms with van der Waals surface area (Å²) < 4.78 is 11.0. The van der Waals surface area contributed by atoms with E-state index in [-0.39, 0.29) is 17.6 Å². The Kier molecular flexibility index (Phi) is 3.89. The molecule has 1 saturated heterocycles. The lowest BCUT2D eigenvalue weighted by Crippen LogP contribution is -2.33. The molecule has 1 amide bonds. The maximum atomic E-state index is 12.7. The lowest BCUT2D eigenvalue weighted by molar-refractivity contribution is 0.0767. The Balaban J connectivity index is 1.52. The summed E-state index contributed by atoms with van der Waals surface area (Å²) in [5, 5.41) is 0.721. The summed E-state index contributed by atoms with van der Waals surface area (Å²) in [5.74, 6) is 0.132. The zero-order chi connectivity index (χ0) is 17.2. The van der Waals surface area contributed by atoms with Crippen LogP contribution in [0.4, 0.5) is 0 Å². The zero-order valence-electron chi connectivity index (χ0n) is 13.3. The highest BCUT2D eigenvalue weighted by molar-refractivity contribution is 5.96. The van der Waals surface area contributed by atoms with Crippen LogP contribution in [-0.2, 0) is 0 Å². The van der Waals surface area contributed by atoms with E-state index in [0.29, 0.717) is 31.0 Å². The molecule has 2 aromatic heterocycles. The number of ether oxygens (including phenoxy) is 1. The highest BCUT2D eigenvalue weighted by atomic mass is 16.5. The predicted octanol–water partition coefficient (Wildman–Crippen LogP) is 1.88. The second kappa shape index (κ2) is 6.35. The van der Waals surface area contributed by atoms with Crippen molar-refractivity contribution in [3.8, 4) is 5.88 Å². The van der Waals surface area contributed by atoms with Crippen molar-refractivity contribution in [2.75, 3.05) is 13.1 Å². The molecule has 7 heteroatoms. The van der Waals surface area contributed by atoms with Gasteiger partial charge in [0.25, 0.3) is 5.91 Å². The number of fused-ring (bicyclic) bond motifs is 1. The number of para-hydroxylation sites is 1. The van der Waals surface area contributed by atoms with Crippen molar-refractivity contribution in [2.45, 2.75) is 12.5 Å². The standard InChI is InChI=1S/C18H15N3O4/c22-17(14-9-12-3-1-2-4-15(12)25-18(14)23)21-8-6-13(10-21)24-16-5-7-19-11-20-16/h1-5,7,9,11,13H,6,8,10H2/t13-/m1/s1. The van der Waals surface area contributed by atoms with Gasteiger partial charge in [0.2, 0.25) is 5.88 Å². The second-order valence-electron chi connectivity index (χ2n) is 5.81. The summed E-state index contributed by atoms with van der Waals surface area (Å²) in [7, 11) is 0. The van der Waals surface area contributed by atoms with Crippen molar-refractivity contribution < 1.29 is 13.9 Å². The van der Waals surface area contributed by atoms with Crippen LogP contribution in [0.25, 0.3) is 11.0 Å². The summed E-state index contributed by atoms with van der Waals surface area (Å²) in [6.07, 6.45) is 3.52. The summed E-state index contributed by atoms with van der Waals surface area (Å²) >= 11 is 0. The minimum absolute atomic E-state index is 0.0430. The van der Waals surface area contributed by atoms with E-state index in [1.807, 2.05) is 6.07 Å². The summed E-state index contributed by atoms with van der Waals surface area (Å²) in [5.41, 5.74) is -0.110. The third-order valence-corrected chi connectivity index (χ3v) is 4.15. The summed E-state index contributed by atoms with van der Waals surface area (Å²) in [6.45, 7) is 0.913. The third-order valence-electron chi connectivity index (χ3n) is 4.15. The van der Waals surface area contributed by atoms with Gasteiger partial charge in [-0.1, -0.05) is 18.2 Å². The Morgan fingerprint density at radius 3 is 3.00 bits per heavy atom. The molecule has 3 heterocycles. The molecule has 25 heavy (non-hydrogen) atoms. The van der Waals surface area contributed by atoms with Crippen LogP contribution in [-0.4, -0.2) is 40.0 Å². The minimum Gasteiger partial charge on any atom is -0.472 e. The van der Waals surface area contributed by atoms with Gasteiger partial charge in [-0.15, -0.1) is 0 Å².